The Hall–Kier alpha value is -1.85. The molecule has 1 N–H and O–H groups in total. The Labute approximate surface area is 111 Å². The van der Waals surface area contributed by atoms with E-state index in [-0.39, 0.29) is 11.7 Å². The Morgan fingerprint density at radius 2 is 2.11 bits per heavy atom. The average molecular weight is 264 g/mol. The zero-order chi connectivity index (χ0) is 13.8. The van der Waals surface area contributed by atoms with Gasteiger partial charge >= 0.3 is 11.4 Å². The first-order chi connectivity index (χ1) is 9.15. The third kappa shape index (κ3) is 2.77. The van der Waals surface area contributed by atoms with Crippen LogP contribution in [0, 0.1) is 0 Å². The SMILES string of the molecule is CNc1nc(=O)n(C2/C=C\CCCCC2)c(=O)n1C. The van der Waals surface area contributed by atoms with Crippen molar-refractivity contribution in [3.05, 3.63) is 33.1 Å². The van der Waals surface area contributed by atoms with E-state index >= 15 is 0 Å². The number of allylic oxidation sites excluding steroid dienone is 2. The Kier molecular flexibility index (Phi) is 4.19. The van der Waals surface area contributed by atoms with Gasteiger partial charge in [0.15, 0.2) is 0 Å². The lowest BCUT2D eigenvalue weighted by molar-refractivity contribution is 0.454. The quantitative estimate of drug-likeness (QED) is 0.810. The second-order valence-corrected chi connectivity index (χ2v) is 4.81. The van der Waals surface area contributed by atoms with Gasteiger partial charge in [-0.1, -0.05) is 25.0 Å². The van der Waals surface area contributed by atoms with Crippen LogP contribution >= 0.6 is 0 Å². The summed E-state index contributed by atoms with van der Waals surface area (Å²) in [6.07, 6.45) is 9.17. The van der Waals surface area contributed by atoms with Crippen LogP contribution in [0.25, 0.3) is 0 Å². The molecule has 6 heteroatoms. The summed E-state index contributed by atoms with van der Waals surface area (Å²) in [5.74, 6) is 0.293. The number of rotatable bonds is 2. The molecular formula is C13H20N4O2. The number of nitrogens with one attached hydrogen (secondary N) is 1. The van der Waals surface area contributed by atoms with Crippen LogP contribution < -0.4 is 16.7 Å². The maximum Gasteiger partial charge on any atom is 0.355 e. The van der Waals surface area contributed by atoms with Crippen LogP contribution in [0.5, 0.6) is 0 Å². The average Bonchev–Trinajstić information content (AvgIpc) is 2.36. The molecule has 0 saturated carbocycles. The Morgan fingerprint density at radius 1 is 1.32 bits per heavy atom. The van der Waals surface area contributed by atoms with Crippen LogP contribution in [0.3, 0.4) is 0 Å². The fourth-order valence-electron chi connectivity index (χ4n) is 2.42. The summed E-state index contributed by atoms with van der Waals surface area (Å²) >= 11 is 0. The normalized spacial score (nSPS) is 21.5. The fourth-order valence-corrected chi connectivity index (χ4v) is 2.42. The lowest BCUT2D eigenvalue weighted by atomic mass is 10.0. The van der Waals surface area contributed by atoms with Crippen molar-refractivity contribution in [3.63, 3.8) is 0 Å². The van der Waals surface area contributed by atoms with Gasteiger partial charge in [0.2, 0.25) is 5.95 Å². The summed E-state index contributed by atoms with van der Waals surface area (Å²) in [5.41, 5.74) is -0.803. The van der Waals surface area contributed by atoms with E-state index in [1.165, 1.54) is 15.6 Å². The van der Waals surface area contributed by atoms with Gasteiger partial charge in [0, 0.05) is 14.1 Å². The number of anilines is 1. The Balaban J connectivity index is 2.49. The summed E-state index contributed by atoms with van der Waals surface area (Å²) in [6.45, 7) is 0. The van der Waals surface area contributed by atoms with E-state index in [2.05, 4.69) is 16.4 Å². The van der Waals surface area contributed by atoms with Crippen molar-refractivity contribution in [1.82, 2.24) is 14.1 Å². The van der Waals surface area contributed by atoms with E-state index in [0.29, 0.717) is 5.95 Å². The van der Waals surface area contributed by atoms with Crippen molar-refractivity contribution in [1.29, 1.82) is 0 Å². The van der Waals surface area contributed by atoms with Crippen LogP contribution in [0.1, 0.15) is 38.1 Å². The van der Waals surface area contributed by atoms with E-state index in [1.54, 1.807) is 14.1 Å². The van der Waals surface area contributed by atoms with E-state index in [9.17, 15) is 9.59 Å². The van der Waals surface area contributed by atoms with Gasteiger partial charge in [0.1, 0.15) is 0 Å². The van der Waals surface area contributed by atoms with Crippen molar-refractivity contribution in [2.75, 3.05) is 12.4 Å². The van der Waals surface area contributed by atoms with Crippen molar-refractivity contribution >= 4 is 5.95 Å². The molecular weight excluding hydrogens is 244 g/mol. The zero-order valence-corrected chi connectivity index (χ0v) is 11.4. The van der Waals surface area contributed by atoms with Gasteiger partial charge in [0.25, 0.3) is 0 Å². The van der Waals surface area contributed by atoms with Crippen LogP contribution in [0.4, 0.5) is 5.95 Å². The molecule has 0 amide bonds. The summed E-state index contributed by atoms with van der Waals surface area (Å²) in [4.78, 5) is 28.2. The highest BCUT2D eigenvalue weighted by Crippen LogP contribution is 2.18. The second-order valence-electron chi connectivity index (χ2n) is 4.81. The second kappa shape index (κ2) is 5.86. The molecule has 104 valence electrons. The standard InChI is InChI=1S/C13H20N4O2/c1-14-11-15-12(18)17(13(19)16(11)2)10-8-6-4-3-5-7-9-10/h6,8,10H,3-5,7,9H2,1-2H3,(H,14,15,18)/b8-6-. The molecule has 1 aliphatic carbocycles. The number of hydrogen-bond donors (Lipinski definition) is 1. The molecule has 1 atom stereocenters. The predicted octanol–water partition coefficient (Wildman–Crippen LogP) is 1.05. The third-order valence-electron chi connectivity index (χ3n) is 3.50. The molecule has 0 bridgehead atoms. The lowest BCUT2D eigenvalue weighted by Crippen LogP contribution is -2.43. The fraction of sp³-hybridized carbons (Fsp3) is 0.615. The molecule has 1 aliphatic rings. The molecule has 1 aromatic rings. The molecule has 1 heterocycles. The summed E-state index contributed by atoms with van der Waals surface area (Å²) in [7, 11) is 3.25. The van der Waals surface area contributed by atoms with E-state index in [4.69, 9.17) is 0 Å². The van der Waals surface area contributed by atoms with Crippen molar-refractivity contribution in [3.8, 4) is 0 Å². The smallest absolute Gasteiger partial charge is 0.355 e. The first-order valence-corrected chi connectivity index (χ1v) is 6.69. The maximum absolute atomic E-state index is 12.3. The molecule has 0 aromatic carbocycles. The topological polar surface area (TPSA) is 68.9 Å². The van der Waals surface area contributed by atoms with E-state index < -0.39 is 5.69 Å². The molecule has 19 heavy (non-hydrogen) atoms. The van der Waals surface area contributed by atoms with Gasteiger partial charge < -0.3 is 5.32 Å². The molecule has 6 nitrogen and oxygen atoms in total. The molecule has 0 fully saturated rings. The molecule has 0 radical (unpaired) electrons. The van der Waals surface area contributed by atoms with E-state index in [0.717, 1.165) is 25.7 Å². The highest BCUT2D eigenvalue weighted by molar-refractivity contribution is 5.21. The van der Waals surface area contributed by atoms with Crippen molar-refractivity contribution in [2.24, 2.45) is 7.05 Å². The van der Waals surface area contributed by atoms with Crippen LogP contribution in [-0.4, -0.2) is 21.2 Å². The minimum Gasteiger partial charge on any atom is -0.358 e. The molecule has 1 unspecified atom stereocenters. The maximum atomic E-state index is 12.3. The largest absolute Gasteiger partial charge is 0.358 e. The molecule has 2 rings (SSSR count). The van der Waals surface area contributed by atoms with Crippen LogP contribution in [0.2, 0.25) is 0 Å². The van der Waals surface area contributed by atoms with Gasteiger partial charge in [-0.3, -0.25) is 4.57 Å². The number of aromatic nitrogens is 3. The Morgan fingerprint density at radius 3 is 2.84 bits per heavy atom. The Bertz CT molecular complexity index is 585. The highest BCUT2D eigenvalue weighted by Gasteiger charge is 2.17. The third-order valence-corrected chi connectivity index (χ3v) is 3.50. The molecule has 0 aliphatic heterocycles. The number of nitrogens with zero attached hydrogens (tertiary/aromatic N) is 3. The van der Waals surface area contributed by atoms with Gasteiger partial charge in [-0.25, -0.2) is 14.2 Å². The van der Waals surface area contributed by atoms with Crippen LogP contribution in [0.15, 0.2) is 21.7 Å². The van der Waals surface area contributed by atoms with Gasteiger partial charge in [-0.2, -0.15) is 4.98 Å². The van der Waals surface area contributed by atoms with Crippen molar-refractivity contribution in [2.45, 2.75) is 38.1 Å². The first kappa shape index (κ1) is 13.6. The summed E-state index contributed by atoms with van der Waals surface area (Å²) in [5, 5.41) is 2.75. The minimum absolute atomic E-state index is 0.176. The molecule has 0 saturated heterocycles. The van der Waals surface area contributed by atoms with E-state index in [1.807, 2.05) is 6.08 Å². The minimum atomic E-state index is -0.484. The molecule has 1 aromatic heterocycles. The molecule has 0 spiro atoms. The van der Waals surface area contributed by atoms with Crippen molar-refractivity contribution < 1.29 is 0 Å². The van der Waals surface area contributed by atoms with Gasteiger partial charge in [0.05, 0.1) is 6.04 Å². The van der Waals surface area contributed by atoms with Gasteiger partial charge in [-0.15, -0.1) is 0 Å². The summed E-state index contributed by atoms with van der Waals surface area (Å²) < 4.78 is 2.62. The highest BCUT2D eigenvalue weighted by atomic mass is 16.2. The monoisotopic (exact) mass is 264 g/mol. The lowest BCUT2D eigenvalue weighted by Gasteiger charge is -2.18. The van der Waals surface area contributed by atoms with Gasteiger partial charge in [-0.05, 0) is 19.3 Å². The first-order valence-electron chi connectivity index (χ1n) is 6.69. The number of hydrogen-bond acceptors (Lipinski definition) is 4. The zero-order valence-electron chi connectivity index (χ0n) is 11.4. The summed E-state index contributed by atoms with van der Waals surface area (Å²) in [6, 6.07) is -0.176. The predicted molar refractivity (Wildman–Crippen MR) is 74.5 cm³/mol. The van der Waals surface area contributed by atoms with Crippen LogP contribution in [-0.2, 0) is 7.05 Å².